The molecule has 140 valence electrons. The lowest BCUT2D eigenvalue weighted by atomic mass is 10.0. The van der Waals surface area contributed by atoms with Gasteiger partial charge in [-0.1, -0.05) is 0 Å². The number of esters is 1. The number of hydrogen-bond acceptors (Lipinski definition) is 7. The van der Waals surface area contributed by atoms with Crippen LogP contribution in [0.5, 0.6) is 0 Å². The number of carbonyl (C=O) groups is 1. The maximum atomic E-state index is 11.7. The average molecular weight is 415 g/mol. The average Bonchev–Trinajstić information content (AvgIpc) is 2.61. The molecule has 2 rings (SSSR count). The first-order valence-corrected chi connectivity index (χ1v) is 9.46. The van der Waals surface area contributed by atoms with Crippen molar-refractivity contribution in [3.05, 3.63) is 22.3 Å². The fourth-order valence-electron chi connectivity index (χ4n) is 2.80. The Hall–Kier alpha value is -1.22. The molecule has 0 amide bonds. The van der Waals surface area contributed by atoms with Crippen molar-refractivity contribution in [1.29, 1.82) is 0 Å². The van der Waals surface area contributed by atoms with E-state index in [-0.39, 0.29) is 18.6 Å². The van der Waals surface area contributed by atoms with Crippen molar-refractivity contribution in [3.8, 4) is 0 Å². The molecule has 7 nitrogen and oxygen atoms in total. The molecule has 0 bridgehead atoms. The Morgan fingerprint density at radius 2 is 2.28 bits per heavy atom. The van der Waals surface area contributed by atoms with Crippen LogP contribution in [0.25, 0.3) is 0 Å². The predicted molar refractivity (Wildman–Crippen MR) is 100 cm³/mol. The van der Waals surface area contributed by atoms with E-state index in [0.717, 1.165) is 49.3 Å². The molecule has 1 fully saturated rings. The number of halogens is 1. The van der Waals surface area contributed by atoms with Gasteiger partial charge in [0.1, 0.15) is 5.82 Å². The van der Waals surface area contributed by atoms with Gasteiger partial charge < -0.3 is 20.5 Å². The summed E-state index contributed by atoms with van der Waals surface area (Å²) in [5, 5.41) is 3.31. The van der Waals surface area contributed by atoms with Crippen LogP contribution < -0.4 is 11.1 Å². The number of morpholine rings is 1. The van der Waals surface area contributed by atoms with Crippen molar-refractivity contribution in [3.63, 3.8) is 0 Å². The monoisotopic (exact) mass is 414 g/mol. The summed E-state index contributed by atoms with van der Waals surface area (Å²) in [6.07, 6.45) is 3.31. The van der Waals surface area contributed by atoms with E-state index >= 15 is 0 Å². The van der Waals surface area contributed by atoms with Gasteiger partial charge in [0.15, 0.2) is 0 Å². The molecule has 1 aliphatic heterocycles. The maximum absolute atomic E-state index is 11.7. The zero-order chi connectivity index (χ0) is 18.1. The molecular formula is C17H27BrN4O3. The van der Waals surface area contributed by atoms with Crippen LogP contribution in [0.3, 0.4) is 0 Å². The zero-order valence-corrected chi connectivity index (χ0v) is 16.3. The van der Waals surface area contributed by atoms with Crippen molar-refractivity contribution in [2.24, 2.45) is 0 Å². The number of aromatic nitrogens is 1. The third-order valence-corrected chi connectivity index (χ3v) is 4.61. The normalized spacial score (nSPS) is 16.6. The third kappa shape index (κ3) is 7.27. The first-order valence-electron chi connectivity index (χ1n) is 8.67. The summed E-state index contributed by atoms with van der Waals surface area (Å²) in [6.45, 7) is 6.81. The van der Waals surface area contributed by atoms with Crippen LogP contribution in [0, 0.1) is 0 Å². The highest BCUT2D eigenvalue weighted by Crippen LogP contribution is 2.18. The molecule has 2 heterocycles. The van der Waals surface area contributed by atoms with E-state index in [0.29, 0.717) is 18.8 Å². The highest BCUT2D eigenvalue weighted by Gasteiger charge is 2.17. The highest BCUT2D eigenvalue weighted by molar-refractivity contribution is 9.10. The standard InChI is InChI=1S/C17H27BrN4O3/c1-2-25-16(23)12-20-15(3-4-22-5-7-24-8-6-22)10-13-9-14(18)11-21-17(13)19/h9,11,15,20H,2-8,10,12H2,1H3,(H2,19,21). The quantitative estimate of drug-likeness (QED) is 0.586. The summed E-state index contributed by atoms with van der Waals surface area (Å²) in [7, 11) is 0. The number of rotatable bonds is 9. The van der Waals surface area contributed by atoms with Gasteiger partial charge in [0.05, 0.1) is 26.4 Å². The van der Waals surface area contributed by atoms with E-state index in [1.807, 2.05) is 13.0 Å². The summed E-state index contributed by atoms with van der Waals surface area (Å²) < 4.78 is 11.3. The first kappa shape index (κ1) is 20.1. The Kier molecular flexibility index (Phi) is 8.60. The number of nitrogens with two attached hydrogens (primary N) is 1. The van der Waals surface area contributed by atoms with Crippen LogP contribution in [0.1, 0.15) is 18.9 Å². The Labute approximate surface area is 157 Å². The van der Waals surface area contributed by atoms with Crippen molar-refractivity contribution in [2.45, 2.75) is 25.8 Å². The van der Waals surface area contributed by atoms with Gasteiger partial charge in [0, 0.05) is 29.8 Å². The first-order chi connectivity index (χ1) is 12.1. The van der Waals surface area contributed by atoms with Crippen molar-refractivity contribution >= 4 is 27.7 Å². The van der Waals surface area contributed by atoms with Crippen molar-refractivity contribution < 1.29 is 14.3 Å². The summed E-state index contributed by atoms with van der Waals surface area (Å²) in [5.41, 5.74) is 6.97. The lowest BCUT2D eigenvalue weighted by Crippen LogP contribution is -2.42. The van der Waals surface area contributed by atoms with Crippen molar-refractivity contribution in [2.75, 3.05) is 51.7 Å². The SMILES string of the molecule is CCOC(=O)CNC(CCN1CCOCC1)Cc1cc(Br)cnc1N. The molecule has 3 N–H and O–H groups in total. The van der Waals surface area contributed by atoms with Gasteiger partial charge in [-0.2, -0.15) is 0 Å². The van der Waals surface area contributed by atoms with E-state index in [4.69, 9.17) is 15.2 Å². The Balaban J connectivity index is 1.94. The number of ether oxygens (including phenoxy) is 2. The fourth-order valence-corrected chi connectivity index (χ4v) is 3.18. The molecule has 1 aromatic rings. The number of nitrogens with one attached hydrogen (secondary N) is 1. The Morgan fingerprint density at radius 1 is 1.52 bits per heavy atom. The van der Waals surface area contributed by atoms with E-state index < -0.39 is 0 Å². The van der Waals surface area contributed by atoms with Crippen LogP contribution >= 0.6 is 15.9 Å². The summed E-state index contributed by atoms with van der Waals surface area (Å²) in [5.74, 6) is 0.289. The topological polar surface area (TPSA) is 89.7 Å². The van der Waals surface area contributed by atoms with Gasteiger partial charge in [-0.25, -0.2) is 4.98 Å². The molecule has 8 heteroatoms. The Bertz CT molecular complexity index is 553. The third-order valence-electron chi connectivity index (χ3n) is 4.17. The van der Waals surface area contributed by atoms with Gasteiger partial charge in [0.2, 0.25) is 0 Å². The zero-order valence-electron chi connectivity index (χ0n) is 14.7. The van der Waals surface area contributed by atoms with E-state index in [9.17, 15) is 4.79 Å². The minimum absolute atomic E-state index is 0.116. The van der Waals surface area contributed by atoms with Gasteiger partial charge in [-0.3, -0.25) is 9.69 Å². The maximum Gasteiger partial charge on any atom is 0.319 e. The number of nitrogen functional groups attached to an aromatic ring is 1. The van der Waals surface area contributed by atoms with E-state index in [1.54, 1.807) is 6.20 Å². The predicted octanol–water partition coefficient (Wildman–Crippen LogP) is 1.21. The molecule has 0 radical (unpaired) electrons. The molecule has 1 unspecified atom stereocenters. The van der Waals surface area contributed by atoms with Crippen LogP contribution in [-0.4, -0.2) is 67.9 Å². The van der Waals surface area contributed by atoms with Crippen LogP contribution in [0.15, 0.2) is 16.7 Å². The largest absolute Gasteiger partial charge is 0.465 e. The lowest BCUT2D eigenvalue weighted by Gasteiger charge is -2.28. The molecule has 0 saturated carbocycles. The van der Waals surface area contributed by atoms with Crippen LogP contribution in [0.4, 0.5) is 5.82 Å². The number of nitrogens with zero attached hydrogens (tertiary/aromatic N) is 2. The molecule has 25 heavy (non-hydrogen) atoms. The number of carbonyl (C=O) groups excluding carboxylic acids is 1. The number of pyridine rings is 1. The summed E-state index contributed by atoms with van der Waals surface area (Å²) in [6, 6.07) is 2.10. The minimum atomic E-state index is -0.237. The van der Waals surface area contributed by atoms with E-state index in [2.05, 4.69) is 31.1 Å². The fraction of sp³-hybridized carbons (Fsp3) is 0.647. The molecule has 0 aliphatic carbocycles. The second-order valence-electron chi connectivity index (χ2n) is 6.03. The summed E-state index contributed by atoms with van der Waals surface area (Å²) in [4.78, 5) is 18.2. The minimum Gasteiger partial charge on any atom is -0.465 e. The van der Waals surface area contributed by atoms with Crippen molar-refractivity contribution in [1.82, 2.24) is 15.2 Å². The van der Waals surface area contributed by atoms with E-state index in [1.165, 1.54) is 0 Å². The van der Waals surface area contributed by atoms with Gasteiger partial charge in [-0.05, 0) is 53.9 Å². The smallest absolute Gasteiger partial charge is 0.319 e. The molecule has 1 saturated heterocycles. The number of anilines is 1. The second-order valence-corrected chi connectivity index (χ2v) is 6.94. The summed E-state index contributed by atoms with van der Waals surface area (Å²) >= 11 is 3.44. The lowest BCUT2D eigenvalue weighted by molar-refractivity contribution is -0.142. The molecular weight excluding hydrogens is 388 g/mol. The molecule has 1 aliphatic rings. The molecule has 0 spiro atoms. The van der Waals surface area contributed by atoms with Crippen LogP contribution in [0.2, 0.25) is 0 Å². The molecule has 1 atom stereocenters. The molecule has 1 aromatic heterocycles. The second kappa shape index (κ2) is 10.7. The molecule has 0 aromatic carbocycles. The number of hydrogen-bond donors (Lipinski definition) is 2. The highest BCUT2D eigenvalue weighted by atomic mass is 79.9. The Morgan fingerprint density at radius 3 is 3.00 bits per heavy atom. The van der Waals surface area contributed by atoms with Crippen LogP contribution in [-0.2, 0) is 20.7 Å². The van der Waals surface area contributed by atoms with Gasteiger partial charge >= 0.3 is 5.97 Å². The van der Waals surface area contributed by atoms with Gasteiger partial charge in [0.25, 0.3) is 0 Å². The van der Waals surface area contributed by atoms with Gasteiger partial charge in [-0.15, -0.1) is 0 Å².